The molecule has 1 N–H and O–H groups in total. The van der Waals surface area contributed by atoms with Gasteiger partial charge in [0, 0.05) is 12.8 Å². The number of carbonyl (C=O) groups excluding carboxylic acids is 1. The summed E-state index contributed by atoms with van der Waals surface area (Å²) in [5.74, 6) is 0.0587. The summed E-state index contributed by atoms with van der Waals surface area (Å²) in [6.07, 6.45) is 5.05. The standard InChI is InChI=1S/C20H23NO3S/c1-25(23,24)18-11-9-16(10-12-18)15-21-19(22)20(13-5-6-14-20)17-7-3-2-4-8-17/h2-4,7-12H,5-6,13-15H2,1H3,(H,21,22). The molecule has 3 rings (SSSR count). The maximum Gasteiger partial charge on any atom is 0.230 e. The SMILES string of the molecule is CS(=O)(=O)c1ccc(CNC(=O)C2(c3ccccc3)CCCC2)cc1. The molecule has 2 aromatic rings. The summed E-state index contributed by atoms with van der Waals surface area (Å²) in [6.45, 7) is 0.400. The second-order valence-electron chi connectivity index (χ2n) is 6.75. The van der Waals surface area contributed by atoms with Crippen molar-refractivity contribution in [3.63, 3.8) is 0 Å². The van der Waals surface area contributed by atoms with Gasteiger partial charge in [0.15, 0.2) is 9.84 Å². The number of hydrogen-bond donors (Lipinski definition) is 1. The lowest BCUT2D eigenvalue weighted by Gasteiger charge is -2.28. The Labute approximate surface area is 149 Å². The van der Waals surface area contributed by atoms with Crippen molar-refractivity contribution in [3.05, 3.63) is 65.7 Å². The van der Waals surface area contributed by atoms with Gasteiger partial charge in [0.25, 0.3) is 0 Å². The number of rotatable bonds is 5. The van der Waals surface area contributed by atoms with E-state index in [-0.39, 0.29) is 5.91 Å². The third-order valence-corrected chi connectivity index (χ3v) is 6.15. The summed E-state index contributed by atoms with van der Waals surface area (Å²) in [5, 5.41) is 3.05. The fourth-order valence-corrected chi connectivity index (χ4v) is 4.22. The predicted molar refractivity (Wildman–Crippen MR) is 98.0 cm³/mol. The van der Waals surface area contributed by atoms with Gasteiger partial charge in [-0.05, 0) is 36.1 Å². The van der Waals surface area contributed by atoms with Crippen LogP contribution in [0.5, 0.6) is 0 Å². The fourth-order valence-electron chi connectivity index (χ4n) is 3.59. The van der Waals surface area contributed by atoms with Gasteiger partial charge in [-0.25, -0.2) is 8.42 Å². The van der Waals surface area contributed by atoms with E-state index in [0.717, 1.165) is 36.8 Å². The Morgan fingerprint density at radius 2 is 1.60 bits per heavy atom. The quantitative estimate of drug-likeness (QED) is 0.894. The average Bonchev–Trinajstić information content (AvgIpc) is 3.11. The molecule has 5 heteroatoms. The Morgan fingerprint density at radius 1 is 1.00 bits per heavy atom. The van der Waals surface area contributed by atoms with Crippen LogP contribution in [0.1, 0.15) is 36.8 Å². The van der Waals surface area contributed by atoms with E-state index in [9.17, 15) is 13.2 Å². The highest BCUT2D eigenvalue weighted by molar-refractivity contribution is 7.90. The minimum absolute atomic E-state index is 0.0587. The molecule has 0 heterocycles. The minimum Gasteiger partial charge on any atom is -0.351 e. The Bertz CT molecular complexity index is 836. The van der Waals surface area contributed by atoms with Gasteiger partial charge in [-0.2, -0.15) is 0 Å². The fraction of sp³-hybridized carbons (Fsp3) is 0.350. The highest BCUT2D eigenvalue weighted by Crippen LogP contribution is 2.41. The molecule has 0 spiro atoms. The second kappa shape index (κ2) is 7.00. The summed E-state index contributed by atoms with van der Waals surface area (Å²) in [5.41, 5.74) is 1.54. The van der Waals surface area contributed by atoms with Crippen molar-refractivity contribution in [3.8, 4) is 0 Å². The Kier molecular flexibility index (Phi) is 4.95. The van der Waals surface area contributed by atoms with Crippen molar-refractivity contribution < 1.29 is 13.2 Å². The van der Waals surface area contributed by atoms with Gasteiger partial charge in [0.2, 0.25) is 5.91 Å². The van der Waals surface area contributed by atoms with Crippen molar-refractivity contribution in [2.45, 2.75) is 42.5 Å². The second-order valence-corrected chi connectivity index (χ2v) is 8.77. The van der Waals surface area contributed by atoms with Crippen LogP contribution >= 0.6 is 0 Å². The lowest BCUT2D eigenvalue weighted by atomic mass is 9.78. The van der Waals surface area contributed by atoms with E-state index >= 15 is 0 Å². The molecule has 25 heavy (non-hydrogen) atoms. The maximum atomic E-state index is 13.0. The molecule has 0 unspecified atom stereocenters. The normalized spacial score (nSPS) is 16.5. The van der Waals surface area contributed by atoms with Crippen LogP contribution < -0.4 is 5.32 Å². The molecule has 0 saturated heterocycles. The van der Waals surface area contributed by atoms with Crippen molar-refractivity contribution in [2.24, 2.45) is 0 Å². The molecule has 0 radical (unpaired) electrons. The highest BCUT2D eigenvalue weighted by Gasteiger charge is 2.42. The summed E-state index contributed by atoms with van der Waals surface area (Å²) < 4.78 is 23.0. The van der Waals surface area contributed by atoms with Gasteiger partial charge >= 0.3 is 0 Å². The summed E-state index contributed by atoms with van der Waals surface area (Å²) in [6, 6.07) is 16.7. The lowest BCUT2D eigenvalue weighted by molar-refractivity contribution is -0.126. The third kappa shape index (κ3) is 3.76. The zero-order valence-electron chi connectivity index (χ0n) is 14.4. The molecule has 0 atom stereocenters. The van der Waals surface area contributed by atoms with E-state index in [4.69, 9.17) is 0 Å². The number of sulfone groups is 1. The van der Waals surface area contributed by atoms with Crippen molar-refractivity contribution in [1.29, 1.82) is 0 Å². The number of benzene rings is 2. The molecule has 1 aliphatic carbocycles. The molecular formula is C20H23NO3S. The topological polar surface area (TPSA) is 63.2 Å². The molecule has 2 aromatic carbocycles. The van der Waals surface area contributed by atoms with Gasteiger partial charge in [-0.15, -0.1) is 0 Å². The first kappa shape index (κ1) is 17.7. The molecule has 0 aromatic heterocycles. The van der Waals surface area contributed by atoms with Crippen LogP contribution in [-0.2, 0) is 26.6 Å². The molecular weight excluding hydrogens is 334 g/mol. The third-order valence-electron chi connectivity index (χ3n) is 5.02. The molecule has 0 aliphatic heterocycles. The van der Waals surface area contributed by atoms with E-state index in [0.29, 0.717) is 11.4 Å². The predicted octanol–water partition coefficient (Wildman–Crippen LogP) is 3.22. The molecule has 1 saturated carbocycles. The van der Waals surface area contributed by atoms with E-state index < -0.39 is 15.3 Å². The van der Waals surface area contributed by atoms with Crippen LogP contribution in [0.15, 0.2) is 59.5 Å². The molecule has 0 bridgehead atoms. The Morgan fingerprint density at radius 3 is 2.16 bits per heavy atom. The monoisotopic (exact) mass is 357 g/mol. The summed E-state index contributed by atoms with van der Waals surface area (Å²) in [4.78, 5) is 13.3. The Balaban J connectivity index is 1.73. The van der Waals surface area contributed by atoms with Crippen LogP contribution in [0.4, 0.5) is 0 Å². The molecule has 132 valence electrons. The number of amides is 1. The van der Waals surface area contributed by atoms with Gasteiger partial charge in [-0.3, -0.25) is 4.79 Å². The first-order valence-electron chi connectivity index (χ1n) is 8.55. The first-order chi connectivity index (χ1) is 11.9. The van der Waals surface area contributed by atoms with Crippen LogP contribution in [-0.4, -0.2) is 20.6 Å². The van der Waals surface area contributed by atoms with Crippen molar-refractivity contribution in [1.82, 2.24) is 5.32 Å². The largest absolute Gasteiger partial charge is 0.351 e. The highest BCUT2D eigenvalue weighted by atomic mass is 32.2. The summed E-state index contributed by atoms with van der Waals surface area (Å²) in [7, 11) is -3.20. The van der Waals surface area contributed by atoms with E-state index in [1.165, 1.54) is 6.26 Å². The van der Waals surface area contributed by atoms with Gasteiger partial charge in [-0.1, -0.05) is 55.3 Å². The van der Waals surface area contributed by atoms with Gasteiger partial charge < -0.3 is 5.32 Å². The maximum absolute atomic E-state index is 13.0. The summed E-state index contributed by atoms with van der Waals surface area (Å²) >= 11 is 0. The van der Waals surface area contributed by atoms with E-state index in [1.807, 2.05) is 30.3 Å². The molecule has 1 aliphatic rings. The van der Waals surface area contributed by atoms with E-state index in [1.54, 1.807) is 24.3 Å². The van der Waals surface area contributed by atoms with Crippen molar-refractivity contribution >= 4 is 15.7 Å². The Hall–Kier alpha value is -2.14. The molecule has 1 fully saturated rings. The van der Waals surface area contributed by atoms with Crippen LogP contribution in [0, 0.1) is 0 Å². The zero-order chi connectivity index (χ0) is 17.9. The van der Waals surface area contributed by atoms with Crippen LogP contribution in [0.3, 0.4) is 0 Å². The minimum atomic E-state index is -3.20. The zero-order valence-corrected chi connectivity index (χ0v) is 15.2. The molecule has 1 amide bonds. The van der Waals surface area contributed by atoms with Crippen LogP contribution in [0.2, 0.25) is 0 Å². The number of hydrogen-bond acceptors (Lipinski definition) is 3. The number of carbonyl (C=O) groups is 1. The van der Waals surface area contributed by atoms with E-state index in [2.05, 4.69) is 5.32 Å². The smallest absolute Gasteiger partial charge is 0.230 e. The van der Waals surface area contributed by atoms with Crippen LogP contribution in [0.25, 0.3) is 0 Å². The lowest BCUT2D eigenvalue weighted by Crippen LogP contribution is -2.42. The van der Waals surface area contributed by atoms with Gasteiger partial charge in [0.1, 0.15) is 0 Å². The first-order valence-corrected chi connectivity index (χ1v) is 10.4. The number of nitrogens with one attached hydrogen (secondary N) is 1. The molecule has 4 nitrogen and oxygen atoms in total. The van der Waals surface area contributed by atoms with Gasteiger partial charge in [0.05, 0.1) is 10.3 Å². The average molecular weight is 357 g/mol. The van der Waals surface area contributed by atoms with Crippen molar-refractivity contribution in [2.75, 3.05) is 6.26 Å².